The second-order valence-corrected chi connectivity index (χ2v) is 11.5. The predicted octanol–water partition coefficient (Wildman–Crippen LogP) is 10.8. The van der Waals surface area contributed by atoms with Crippen molar-refractivity contribution in [3.05, 3.63) is 20.9 Å². The van der Waals surface area contributed by atoms with Crippen molar-refractivity contribution in [1.82, 2.24) is 0 Å². The Morgan fingerprint density at radius 2 is 0.743 bits per heavy atom. The first-order valence-corrected chi connectivity index (χ1v) is 16.1. The monoisotopic (exact) mass is 502 g/mol. The second kappa shape index (κ2) is 23.4. The smallest absolute Gasteiger partial charge is 0.0490 e. The van der Waals surface area contributed by atoms with E-state index in [0.717, 1.165) is 0 Å². The van der Waals surface area contributed by atoms with Gasteiger partial charge in [-0.3, -0.25) is 9.98 Å². The summed E-state index contributed by atoms with van der Waals surface area (Å²) in [7, 11) is 3.80. The van der Waals surface area contributed by atoms with Gasteiger partial charge in [-0.2, -0.15) is 0 Å². The maximum atomic E-state index is 4.38. The molecule has 1 heterocycles. The van der Waals surface area contributed by atoms with Crippen LogP contribution in [-0.4, -0.2) is 26.5 Å². The quantitative estimate of drug-likeness (QED) is 0.0991. The Bertz CT molecular complexity index is 604. The van der Waals surface area contributed by atoms with E-state index >= 15 is 0 Å². The van der Waals surface area contributed by atoms with Crippen LogP contribution in [0.5, 0.6) is 0 Å². The molecule has 0 aromatic carbocycles. The molecule has 202 valence electrons. The lowest BCUT2D eigenvalue weighted by molar-refractivity contribution is 0.553. The van der Waals surface area contributed by atoms with Crippen molar-refractivity contribution >= 4 is 23.8 Å². The van der Waals surface area contributed by atoms with Gasteiger partial charge in [-0.15, -0.1) is 11.3 Å². The van der Waals surface area contributed by atoms with Crippen LogP contribution in [-0.2, 0) is 12.8 Å². The lowest BCUT2D eigenvalue weighted by Gasteiger charge is -2.08. The molecule has 3 heteroatoms. The van der Waals surface area contributed by atoms with Crippen LogP contribution < -0.4 is 0 Å². The molecule has 0 aliphatic rings. The van der Waals surface area contributed by atoms with E-state index in [-0.39, 0.29) is 0 Å². The molecule has 0 saturated heterocycles. The van der Waals surface area contributed by atoms with Crippen LogP contribution >= 0.6 is 11.3 Å². The van der Waals surface area contributed by atoms with Gasteiger partial charge in [-0.25, -0.2) is 0 Å². The van der Waals surface area contributed by atoms with Gasteiger partial charge in [0, 0.05) is 36.3 Å². The van der Waals surface area contributed by atoms with Gasteiger partial charge in [0.05, 0.1) is 0 Å². The number of unbranched alkanes of at least 4 members (excludes halogenated alkanes) is 18. The number of aliphatic imine (C=N–C) groups is 2. The van der Waals surface area contributed by atoms with Crippen molar-refractivity contribution in [2.75, 3.05) is 14.1 Å². The van der Waals surface area contributed by atoms with Crippen LogP contribution in [0.15, 0.2) is 9.98 Å². The molecule has 0 spiro atoms. The Morgan fingerprint density at radius 3 is 1.03 bits per heavy atom. The highest BCUT2D eigenvalue weighted by Crippen LogP contribution is 2.30. The maximum absolute atomic E-state index is 4.38. The molecular weight excluding hydrogens is 444 g/mol. The highest BCUT2D eigenvalue weighted by atomic mass is 32.1. The van der Waals surface area contributed by atoms with Crippen LogP contribution in [0.25, 0.3) is 0 Å². The van der Waals surface area contributed by atoms with Gasteiger partial charge in [0.1, 0.15) is 0 Å². The molecule has 1 aromatic rings. The summed E-state index contributed by atoms with van der Waals surface area (Å²) in [6.45, 7) is 4.60. The van der Waals surface area contributed by atoms with Gasteiger partial charge in [-0.1, -0.05) is 129 Å². The first-order chi connectivity index (χ1) is 17.3. The van der Waals surface area contributed by atoms with E-state index in [0.29, 0.717) is 0 Å². The highest BCUT2D eigenvalue weighted by Gasteiger charge is 2.15. The fourth-order valence-corrected chi connectivity index (χ4v) is 6.36. The van der Waals surface area contributed by atoms with Gasteiger partial charge >= 0.3 is 0 Å². The molecule has 0 unspecified atom stereocenters. The molecule has 0 atom stereocenters. The van der Waals surface area contributed by atoms with E-state index in [1.54, 1.807) is 11.1 Å². The van der Waals surface area contributed by atoms with Gasteiger partial charge in [0.25, 0.3) is 0 Å². The minimum absolute atomic E-state index is 1.21. The molecule has 0 amide bonds. The zero-order valence-corrected chi connectivity index (χ0v) is 24.8. The van der Waals surface area contributed by atoms with E-state index in [4.69, 9.17) is 0 Å². The summed E-state index contributed by atoms with van der Waals surface area (Å²) in [4.78, 5) is 11.5. The summed E-state index contributed by atoms with van der Waals surface area (Å²) in [5.74, 6) is 0. The third-order valence-electron chi connectivity index (χ3n) is 7.23. The van der Waals surface area contributed by atoms with E-state index in [2.05, 4.69) is 36.3 Å². The summed E-state index contributed by atoms with van der Waals surface area (Å²) in [6, 6.07) is 0. The topological polar surface area (TPSA) is 24.7 Å². The number of hydrogen-bond donors (Lipinski definition) is 0. The Hall–Kier alpha value is -0.960. The van der Waals surface area contributed by atoms with Crippen molar-refractivity contribution in [3.63, 3.8) is 0 Å². The van der Waals surface area contributed by atoms with Crippen LogP contribution in [0.1, 0.15) is 163 Å². The molecular formula is C32H58N2S. The Morgan fingerprint density at radius 1 is 0.457 bits per heavy atom. The van der Waals surface area contributed by atoms with E-state index in [1.807, 2.05) is 25.4 Å². The predicted molar refractivity (Wildman–Crippen MR) is 162 cm³/mol. The average molecular weight is 503 g/mol. The maximum Gasteiger partial charge on any atom is 0.0490 e. The Labute approximate surface area is 223 Å². The molecule has 35 heavy (non-hydrogen) atoms. The fraction of sp³-hybridized carbons (Fsp3) is 0.812. The third kappa shape index (κ3) is 15.7. The van der Waals surface area contributed by atoms with Crippen molar-refractivity contribution in [2.24, 2.45) is 9.98 Å². The average Bonchev–Trinajstić information content (AvgIpc) is 3.17. The third-order valence-corrected chi connectivity index (χ3v) is 8.38. The zero-order valence-electron chi connectivity index (χ0n) is 24.0. The molecule has 0 N–H and O–H groups in total. The Kier molecular flexibility index (Phi) is 21.5. The normalized spacial score (nSPS) is 12.0. The van der Waals surface area contributed by atoms with Gasteiger partial charge in [0.15, 0.2) is 0 Å². The number of nitrogens with zero attached hydrogens (tertiary/aromatic N) is 2. The first kappa shape index (κ1) is 32.1. The van der Waals surface area contributed by atoms with Gasteiger partial charge in [-0.05, 0) is 36.8 Å². The van der Waals surface area contributed by atoms with Crippen LogP contribution in [0.2, 0.25) is 0 Å². The lowest BCUT2D eigenvalue weighted by Crippen LogP contribution is -1.98. The zero-order chi connectivity index (χ0) is 25.4. The molecule has 1 aromatic heterocycles. The number of rotatable bonds is 24. The minimum atomic E-state index is 1.21. The molecule has 0 aliphatic heterocycles. The molecule has 0 aliphatic carbocycles. The first-order valence-electron chi connectivity index (χ1n) is 15.3. The van der Waals surface area contributed by atoms with Gasteiger partial charge < -0.3 is 0 Å². The molecule has 0 bridgehead atoms. The number of hydrogen-bond acceptors (Lipinski definition) is 3. The molecule has 2 nitrogen and oxygen atoms in total. The molecule has 1 rings (SSSR count). The number of thiophene rings is 1. The summed E-state index contributed by atoms with van der Waals surface area (Å²) >= 11 is 1.90. The van der Waals surface area contributed by atoms with E-state index in [9.17, 15) is 0 Å². The Balaban J connectivity index is 2.44. The molecule has 0 fully saturated rings. The van der Waals surface area contributed by atoms with Crippen molar-refractivity contribution < 1.29 is 0 Å². The van der Waals surface area contributed by atoms with Crippen molar-refractivity contribution in [3.8, 4) is 0 Å². The van der Waals surface area contributed by atoms with E-state index in [1.165, 1.54) is 151 Å². The lowest BCUT2D eigenvalue weighted by atomic mass is 9.96. The second-order valence-electron chi connectivity index (χ2n) is 10.4. The summed E-state index contributed by atoms with van der Waals surface area (Å²) in [5.41, 5.74) is 3.15. The largest absolute Gasteiger partial charge is 0.295 e. The van der Waals surface area contributed by atoms with Crippen LogP contribution in [0.4, 0.5) is 0 Å². The SMILES string of the molecule is CCCCCCCCCCCCc1c(C=NC)sc(C=NC)c1CCCCCCCCCCCC. The summed E-state index contributed by atoms with van der Waals surface area (Å²) < 4.78 is 0. The summed E-state index contributed by atoms with van der Waals surface area (Å²) in [6.07, 6.45) is 34.5. The minimum Gasteiger partial charge on any atom is -0.295 e. The van der Waals surface area contributed by atoms with Gasteiger partial charge in [0.2, 0.25) is 0 Å². The summed E-state index contributed by atoms with van der Waals surface area (Å²) in [5, 5.41) is 0. The molecule has 0 radical (unpaired) electrons. The van der Waals surface area contributed by atoms with E-state index < -0.39 is 0 Å². The van der Waals surface area contributed by atoms with Crippen molar-refractivity contribution in [2.45, 2.75) is 155 Å². The van der Waals surface area contributed by atoms with Crippen LogP contribution in [0, 0.1) is 0 Å². The van der Waals surface area contributed by atoms with Crippen LogP contribution in [0.3, 0.4) is 0 Å². The molecule has 0 saturated carbocycles. The van der Waals surface area contributed by atoms with Crippen molar-refractivity contribution in [1.29, 1.82) is 0 Å². The highest BCUT2D eigenvalue weighted by molar-refractivity contribution is 7.15. The fourth-order valence-electron chi connectivity index (χ4n) is 5.11. The standard InChI is InChI=1S/C32H58N2S/c1-5-7-9-11-13-15-17-19-21-23-25-29-30(32(28-34-4)35-31(29)27-33-3)26-24-22-20-18-16-14-12-10-8-6-2/h27-28H,5-26H2,1-4H3.